The molecule has 0 spiro atoms. The first-order valence-electron chi connectivity index (χ1n) is 8.83. The number of aliphatic hydroxyl groups is 1. The normalized spacial score (nSPS) is 26.9. The molecule has 0 saturated heterocycles. The van der Waals surface area contributed by atoms with Crippen molar-refractivity contribution in [2.45, 2.75) is 59.4 Å². The van der Waals surface area contributed by atoms with Gasteiger partial charge in [0, 0.05) is 18.0 Å². The van der Waals surface area contributed by atoms with Gasteiger partial charge in [0.25, 0.3) is 0 Å². The molecule has 8 heteroatoms. The monoisotopic (exact) mass is 369 g/mol. The Morgan fingerprint density at radius 1 is 1.31 bits per heavy atom. The molecule has 1 aliphatic rings. The summed E-state index contributed by atoms with van der Waals surface area (Å²) >= 11 is 0. The van der Waals surface area contributed by atoms with Gasteiger partial charge in [-0.25, -0.2) is 14.6 Å². The third kappa shape index (κ3) is 7.14. The number of hydrogen-bond acceptors (Lipinski definition) is 5. The number of isocyanates is 1. The van der Waals surface area contributed by atoms with Crippen LogP contribution in [0.3, 0.4) is 0 Å². The van der Waals surface area contributed by atoms with E-state index in [2.05, 4.69) is 36.4 Å². The van der Waals surface area contributed by atoms with Gasteiger partial charge < -0.3 is 20.8 Å². The molecule has 0 heterocycles. The summed E-state index contributed by atoms with van der Waals surface area (Å²) in [5.41, 5.74) is -1.12. The second-order valence-corrected chi connectivity index (χ2v) is 9.03. The van der Waals surface area contributed by atoms with Crippen molar-refractivity contribution in [3.8, 4) is 0 Å². The highest BCUT2D eigenvalue weighted by molar-refractivity contribution is 5.74. The first-order valence-corrected chi connectivity index (χ1v) is 8.83. The molecule has 3 unspecified atom stereocenters. The highest BCUT2D eigenvalue weighted by Crippen LogP contribution is 2.46. The van der Waals surface area contributed by atoms with E-state index in [1.54, 1.807) is 13.0 Å². The first-order chi connectivity index (χ1) is 11.9. The molecule has 148 valence electrons. The number of rotatable bonds is 8. The third-order valence-corrected chi connectivity index (χ3v) is 4.94. The lowest BCUT2D eigenvalue weighted by molar-refractivity contribution is -0.140. The van der Waals surface area contributed by atoms with Gasteiger partial charge in [0.15, 0.2) is 0 Å². The molecule has 8 nitrogen and oxygen atoms in total. The molecule has 0 aromatic rings. The molecule has 1 fully saturated rings. The van der Waals surface area contributed by atoms with Gasteiger partial charge in [-0.1, -0.05) is 27.7 Å². The summed E-state index contributed by atoms with van der Waals surface area (Å²) in [6, 6.07) is -0.468. The second kappa shape index (κ2) is 8.64. The minimum atomic E-state index is -1.02. The van der Waals surface area contributed by atoms with Crippen molar-refractivity contribution in [1.82, 2.24) is 10.6 Å². The van der Waals surface area contributed by atoms with Crippen LogP contribution in [0.2, 0.25) is 0 Å². The Kier molecular flexibility index (Phi) is 7.35. The fourth-order valence-corrected chi connectivity index (χ4v) is 4.15. The van der Waals surface area contributed by atoms with Gasteiger partial charge in [0.2, 0.25) is 6.08 Å². The van der Waals surface area contributed by atoms with Crippen LogP contribution >= 0.6 is 0 Å². The van der Waals surface area contributed by atoms with Crippen LogP contribution in [0.25, 0.3) is 0 Å². The molecule has 26 heavy (non-hydrogen) atoms. The Balaban J connectivity index is 2.67. The number of nitrogens with one attached hydrogen (secondary N) is 2. The van der Waals surface area contributed by atoms with Crippen molar-refractivity contribution in [3.63, 3.8) is 0 Å². The molecule has 1 saturated carbocycles. The average molecular weight is 369 g/mol. The Morgan fingerprint density at radius 2 is 1.96 bits per heavy atom. The van der Waals surface area contributed by atoms with E-state index in [1.165, 1.54) is 0 Å². The molecule has 0 bridgehead atoms. The van der Waals surface area contributed by atoms with Gasteiger partial charge in [-0.2, -0.15) is 0 Å². The number of aliphatic imine (C=N–C) groups is 1. The Labute approximate surface area is 154 Å². The van der Waals surface area contributed by atoms with E-state index < -0.39 is 11.4 Å². The standard InChI is InChI=1S/C18H31N3O5/c1-16(2)5-13(6-17(3,8-16)9-19-12-23)21-15(26)20-10-18(4,11-22)7-14(24)25/h13,22H,5-11H2,1-4H3,(H,24,25)(H2,20,21,26). The Hall–Kier alpha value is -1.92. The molecule has 1 rings (SSSR count). The van der Waals surface area contributed by atoms with Crippen molar-refractivity contribution >= 4 is 18.1 Å². The lowest BCUT2D eigenvalue weighted by atomic mass is 9.62. The molecule has 4 N–H and O–H groups in total. The summed E-state index contributed by atoms with van der Waals surface area (Å²) in [5, 5.41) is 23.9. The largest absolute Gasteiger partial charge is 0.481 e. The zero-order valence-corrected chi connectivity index (χ0v) is 16.1. The number of aliphatic carboxylic acids is 1. The lowest BCUT2D eigenvalue weighted by Crippen LogP contribution is -2.52. The van der Waals surface area contributed by atoms with Crippen LogP contribution in [-0.4, -0.2) is 54.0 Å². The van der Waals surface area contributed by atoms with Crippen LogP contribution in [0.5, 0.6) is 0 Å². The van der Waals surface area contributed by atoms with Gasteiger partial charge in [0.05, 0.1) is 19.6 Å². The van der Waals surface area contributed by atoms with E-state index in [9.17, 15) is 19.5 Å². The van der Waals surface area contributed by atoms with Gasteiger partial charge in [-0.05, 0) is 30.1 Å². The van der Waals surface area contributed by atoms with E-state index >= 15 is 0 Å². The number of hydrogen-bond donors (Lipinski definition) is 4. The smallest absolute Gasteiger partial charge is 0.315 e. The zero-order chi connectivity index (χ0) is 20.0. The van der Waals surface area contributed by atoms with Crippen molar-refractivity contribution in [3.05, 3.63) is 0 Å². The van der Waals surface area contributed by atoms with E-state index in [0.717, 1.165) is 12.8 Å². The number of amides is 2. The molecule has 3 atom stereocenters. The van der Waals surface area contributed by atoms with Crippen molar-refractivity contribution in [2.75, 3.05) is 19.7 Å². The summed E-state index contributed by atoms with van der Waals surface area (Å²) in [6.07, 6.45) is 3.74. The number of nitrogens with zero attached hydrogens (tertiary/aromatic N) is 1. The lowest BCUT2D eigenvalue weighted by Gasteiger charge is -2.46. The highest BCUT2D eigenvalue weighted by Gasteiger charge is 2.41. The summed E-state index contributed by atoms with van der Waals surface area (Å²) in [6.45, 7) is 8.01. The summed E-state index contributed by atoms with van der Waals surface area (Å²) in [7, 11) is 0. The quantitative estimate of drug-likeness (QED) is 0.382. The van der Waals surface area contributed by atoms with E-state index in [1.807, 2.05) is 0 Å². The van der Waals surface area contributed by atoms with Crippen molar-refractivity contribution in [2.24, 2.45) is 21.2 Å². The van der Waals surface area contributed by atoms with E-state index in [-0.39, 0.29) is 42.5 Å². The maximum atomic E-state index is 12.3. The SMILES string of the molecule is CC1(C)CC(NC(=O)NCC(C)(CO)CC(=O)O)CC(C)(CN=C=O)C1. The van der Waals surface area contributed by atoms with Crippen LogP contribution in [0.15, 0.2) is 4.99 Å². The zero-order valence-electron chi connectivity index (χ0n) is 16.1. The van der Waals surface area contributed by atoms with E-state index in [0.29, 0.717) is 13.0 Å². The fraction of sp³-hybridized carbons (Fsp3) is 0.833. The van der Waals surface area contributed by atoms with E-state index in [4.69, 9.17) is 5.11 Å². The number of carbonyl (C=O) groups excluding carboxylic acids is 2. The minimum absolute atomic E-state index is 0.00767. The van der Waals surface area contributed by atoms with Gasteiger partial charge in [-0.3, -0.25) is 4.79 Å². The van der Waals surface area contributed by atoms with Gasteiger partial charge >= 0.3 is 12.0 Å². The Morgan fingerprint density at radius 3 is 2.50 bits per heavy atom. The second-order valence-electron chi connectivity index (χ2n) is 9.03. The average Bonchev–Trinajstić information content (AvgIpc) is 2.48. The maximum absolute atomic E-state index is 12.3. The number of carboxylic acids is 1. The highest BCUT2D eigenvalue weighted by atomic mass is 16.4. The van der Waals surface area contributed by atoms with Crippen LogP contribution < -0.4 is 10.6 Å². The maximum Gasteiger partial charge on any atom is 0.315 e. The van der Waals surface area contributed by atoms with Crippen molar-refractivity contribution < 1.29 is 24.6 Å². The summed E-state index contributed by atoms with van der Waals surface area (Å²) in [5.74, 6) is -1.02. The predicted molar refractivity (Wildman–Crippen MR) is 96.5 cm³/mol. The summed E-state index contributed by atoms with van der Waals surface area (Å²) in [4.78, 5) is 37.3. The summed E-state index contributed by atoms with van der Waals surface area (Å²) < 4.78 is 0. The van der Waals surface area contributed by atoms with Gasteiger partial charge in [-0.15, -0.1) is 0 Å². The van der Waals surface area contributed by atoms with Crippen LogP contribution in [0.1, 0.15) is 53.4 Å². The molecule has 0 aromatic heterocycles. The molecule has 2 amide bonds. The molecular formula is C18H31N3O5. The molecule has 0 aromatic carbocycles. The third-order valence-electron chi connectivity index (χ3n) is 4.94. The molecule has 0 aliphatic heterocycles. The van der Waals surface area contributed by atoms with Crippen LogP contribution in [-0.2, 0) is 9.59 Å². The van der Waals surface area contributed by atoms with Gasteiger partial charge in [0.1, 0.15) is 0 Å². The number of carbonyl (C=O) groups is 2. The predicted octanol–water partition coefficient (Wildman–Crippen LogP) is 1.68. The Bertz CT molecular complexity index is 573. The molecule has 1 aliphatic carbocycles. The first kappa shape index (κ1) is 22.1. The fourth-order valence-electron chi connectivity index (χ4n) is 4.15. The van der Waals surface area contributed by atoms with Crippen molar-refractivity contribution in [1.29, 1.82) is 0 Å². The van der Waals surface area contributed by atoms with Crippen LogP contribution in [0.4, 0.5) is 4.79 Å². The number of aliphatic hydroxyl groups excluding tert-OH is 1. The molecule has 0 radical (unpaired) electrons. The number of carboxylic acid groups (broad SMARTS) is 1. The number of urea groups is 1. The van der Waals surface area contributed by atoms with Crippen LogP contribution in [0, 0.1) is 16.2 Å². The minimum Gasteiger partial charge on any atom is -0.481 e. The molecular weight excluding hydrogens is 338 g/mol. The topological polar surface area (TPSA) is 128 Å².